The topological polar surface area (TPSA) is 86.5 Å². The van der Waals surface area contributed by atoms with Gasteiger partial charge in [0, 0.05) is 37.1 Å². The van der Waals surface area contributed by atoms with E-state index in [2.05, 4.69) is 20.5 Å². The van der Waals surface area contributed by atoms with E-state index >= 15 is 0 Å². The summed E-state index contributed by atoms with van der Waals surface area (Å²) in [6.45, 7) is 5.09. The number of H-pyrrole nitrogens is 1. The van der Waals surface area contributed by atoms with E-state index in [4.69, 9.17) is 4.74 Å². The van der Waals surface area contributed by atoms with Gasteiger partial charge in [0.05, 0.1) is 23.7 Å². The molecule has 0 bridgehead atoms. The number of carbonyl (C=O) groups is 2. The lowest BCUT2D eigenvalue weighted by atomic mass is 10.1. The Morgan fingerprint density at radius 1 is 1.37 bits per heavy atom. The van der Waals surface area contributed by atoms with Crippen LogP contribution < -0.4 is 10.6 Å². The summed E-state index contributed by atoms with van der Waals surface area (Å²) in [5, 5.41) is 6.55. The van der Waals surface area contributed by atoms with E-state index < -0.39 is 0 Å². The highest BCUT2D eigenvalue weighted by molar-refractivity contribution is 7.18. The summed E-state index contributed by atoms with van der Waals surface area (Å²) >= 11 is 1.31. The van der Waals surface area contributed by atoms with Crippen molar-refractivity contribution in [2.45, 2.75) is 6.42 Å². The Bertz CT molecular complexity index is 850. The standard InChI is InChI=1S/C19H22N4O3S/c24-17-14(11-13-3-1-4-20-13)15-12-16(27-19(15)22-17)18(25)21-5-2-6-23-7-9-26-10-8-23/h1,3-4,11-12,20H,2,5-10H2,(H,21,25)(H,22,24)/b14-11-. The first-order chi connectivity index (χ1) is 13.2. The molecule has 0 aromatic carbocycles. The molecule has 2 amide bonds. The Kier molecular flexibility index (Phi) is 5.38. The van der Waals surface area contributed by atoms with E-state index in [9.17, 15) is 9.59 Å². The molecule has 4 rings (SSSR count). The van der Waals surface area contributed by atoms with Crippen LogP contribution in [0.2, 0.25) is 0 Å². The van der Waals surface area contributed by atoms with E-state index in [-0.39, 0.29) is 11.8 Å². The molecule has 142 valence electrons. The summed E-state index contributed by atoms with van der Waals surface area (Å²) in [4.78, 5) is 30.6. The summed E-state index contributed by atoms with van der Waals surface area (Å²) in [7, 11) is 0. The Morgan fingerprint density at radius 3 is 3.00 bits per heavy atom. The first kappa shape index (κ1) is 18.0. The van der Waals surface area contributed by atoms with Crippen molar-refractivity contribution in [1.82, 2.24) is 15.2 Å². The predicted molar refractivity (Wildman–Crippen MR) is 106 cm³/mol. The first-order valence-corrected chi connectivity index (χ1v) is 9.91. The lowest BCUT2D eigenvalue weighted by molar-refractivity contribution is -0.110. The Labute approximate surface area is 161 Å². The Balaban J connectivity index is 1.34. The van der Waals surface area contributed by atoms with Crippen LogP contribution in [0.3, 0.4) is 0 Å². The fourth-order valence-corrected chi connectivity index (χ4v) is 4.22. The molecule has 0 radical (unpaired) electrons. The monoisotopic (exact) mass is 386 g/mol. The number of aromatic amines is 1. The second-order valence-electron chi connectivity index (χ2n) is 6.55. The van der Waals surface area contributed by atoms with E-state index in [0.29, 0.717) is 17.0 Å². The zero-order chi connectivity index (χ0) is 18.6. The smallest absolute Gasteiger partial charge is 0.261 e. The minimum Gasteiger partial charge on any atom is -0.379 e. The molecule has 2 aromatic heterocycles. The lowest BCUT2D eigenvalue weighted by Crippen LogP contribution is -2.38. The highest BCUT2D eigenvalue weighted by Gasteiger charge is 2.28. The molecule has 1 saturated heterocycles. The molecule has 0 saturated carbocycles. The summed E-state index contributed by atoms with van der Waals surface area (Å²) in [5.74, 6) is -0.229. The van der Waals surface area contributed by atoms with Gasteiger partial charge in [-0.1, -0.05) is 0 Å². The van der Waals surface area contributed by atoms with Crippen LogP contribution in [0.4, 0.5) is 5.00 Å². The highest BCUT2D eigenvalue weighted by Crippen LogP contribution is 2.39. The first-order valence-electron chi connectivity index (χ1n) is 9.09. The van der Waals surface area contributed by atoms with Crippen LogP contribution >= 0.6 is 11.3 Å². The van der Waals surface area contributed by atoms with Crippen molar-refractivity contribution < 1.29 is 14.3 Å². The SMILES string of the molecule is O=C1Nc2sc(C(=O)NCCCN3CCOCC3)cc2/C1=C/c1ccc[nH]1. The van der Waals surface area contributed by atoms with Gasteiger partial charge in [-0.25, -0.2) is 0 Å². The van der Waals surface area contributed by atoms with Crippen LogP contribution in [0.15, 0.2) is 24.4 Å². The van der Waals surface area contributed by atoms with Crippen molar-refractivity contribution in [3.63, 3.8) is 0 Å². The summed E-state index contributed by atoms with van der Waals surface area (Å²) < 4.78 is 5.33. The maximum atomic E-state index is 12.4. The molecule has 2 aliphatic rings. The van der Waals surface area contributed by atoms with Gasteiger partial charge in [-0.3, -0.25) is 14.5 Å². The van der Waals surface area contributed by atoms with Crippen LogP contribution in [-0.2, 0) is 9.53 Å². The zero-order valence-corrected chi connectivity index (χ0v) is 15.7. The molecule has 2 aromatic rings. The van der Waals surface area contributed by atoms with Crippen molar-refractivity contribution >= 4 is 39.8 Å². The molecule has 4 heterocycles. The molecule has 0 unspecified atom stereocenters. The fraction of sp³-hybridized carbons (Fsp3) is 0.368. The predicted octanol–water partition coefficient (Wildman–Crippen LogP) is 2.02. The molecule has 3 N–H and O–H groups in total. The number of anilines is 1. The average Bonchev–Trinajstić information content (AvgIpc) is 3.39. The molecular formula is C19H22N4O3S. The number of rotatable bonds is 6. The van der Waals surface area contributed by atoms with Gasteiger partial charge in [0.15, 0.2) is 0 Å². The third-order valence-electron chi connectivity index (χ3n) is 4.68. The fourth-order valence-electron chi connectivity index (χ4n) is 3.24. The molecule has 1 fully saturated rings. The van der Waals surface area contributed by atoms with Crippen molar-refractivity contribution in [1.29, 1.82) is 0 Å². The number of ether oxygens (including phenoxy) is 1. The molecule has 8 heteroatoms. The van der Waals surface area contributed by atoms with Crippen molar-refractivity contribution in [3.8, 4) is 0 Å². The Morgan fingerprint density at radius 2 is 2.22 bits per heavy atom. The van der Waals surface area contributed by atoms with Gasteiger partial charge in [-0.05, 0) is 37.2 Å². The van der Waals surface area contributed by atoms with Gasteiger partial charge in [-0.15, -0.1) is 11.3 Å². The number of fused-ring (bicyclic) bond motifs is 1. The number of hydrogen-bond donors (Lipinski definition) is 3. The maximum absolute atomic E-state index is 12.4. The zero-order valence-electron chi connectivity index (χ0n) is 14.9. The Hall–Kier alpha value is -2.42. The third kappa shape index (κ3) is 4.13. The van der Waals surface area contributed by atoms with Gasteiger partial charge in [-0.2, -0.15) is 0 Å². The molecule has 0 atom stereocenters. The number of hydrogen-bond acceptors (Lipinski definition) is 5. The molecule has 0 aliphatic carbocycles. The lowest BCUT2D eigenvalue weighted by Gasteiger charge is -2.26. The minimum atomic E-state index is -0.136. The van der Waals surface area contributed by atoms with E-state index in [1.807, 2.05) is 18.3 Å². The van der Waals surface area contributed by atoms with Crippen LogP contribution in [-0.4, -0.2) is 61.1 Å². The molecule has 7 nitrogen and oxygen atoms in total. The minimum absolute atomic E-state index is 0.0927. The van der Waals surface area contributed by atoms with Crippen LogP contribution in [0.25, 0.3) is 11.6 Å². The van der Waals surface area contributed by atoms with Crippen molar-refractivity contribution in [2.24, 2.45) is 0 Å². The number of thiophene rings is 1. The molecule has 0 spiro atoms. The largest absolute Gasteiger partial charge is 0.379 e. The second-order valence-corrected chi connectivity index (χ2v) is 7.61. The number of aromatic nitrogens is 1. The molecule has 2 aliphatic heterocycles. The van der Waals surface area contributed by atoms with Gasteiger partial charge in [0.2, 0.25) is 0 Å². The summed E-state index contributed by atoms with van der Waals surface area (Å²) in [6, 6.07) is 5.57. The number of nitrogens with zero attached hydrogens (tertiary/aromatic N) is 1. The van der Waals surface area contributed by atoms with Gasteiger partial charge in [0.1, 0.15) is 5.00 Å². The number of carbonyl (C=O) groups excluding carboxylic acids is 2. The average molecular weight is 386 g/mol. The number of nitrogens with one attached hydrogen (secondary N) is 3. The second kappa shape index (κ2) is 8.08. The van der Waals surface area contributed by atoms with Gasteiger partial charge in [0.25, 0.3) is 11.8 Å². The van der Waals surface area contributed by atoms with Gasteiger partial charge >= 0.3 is 0 Å². The summed E-state index contributed by atoms with van der Waals surface area (Å²) in [6.07, 6.45) is 4.52. The normalized spacial score (nSPS) is 18.5. The molecule has 27 heavy (non-hydrogen) atoms. The van der Waals surface area contributed by atoms with Gasteiger partial charge < -0.3 is 20.4 Å². The van der Waals surface area contributed by atoms with E-state index in [1.165, 1.54) is 11.3 Å². The van der Waals surface area contributed by atoms with Crippen molar-refractivity contribution in [3.05, 3.63) is 40.5 Å². The molecular weight excluding hydrogens is 364 g/mol. The van der Waals surface area contributed by atoms with E-state index in [0.717, 1.165) is 55.5 Å². The van der Waals surface area contributed by atoms with Crippen molar-refractivity contribution in [2.75, 3.05) is 44.7 Å². The number of morpholine rings is 1. The quantitative estimate of drug-likeness (QED) is 0.524. The summed E-state index contributed by atoms with van der Waals surface area (Å²) in [5.41, 5.74) is 2.22. The van der Waals surface area contributed by atoms with E-state index in [1.54, 1.807) is 12.1 Å². The number of amides is 2. The van der Waals surface area contributed by atoms with Crippen LogP contribution in [0.5, 0.6) is 0 Å². The highest BCUT2D eigenvalue weighted by atomic mass is 32.1. The van der Waals surface area contributed by atoms with Crippen LogP contribution in [0, 0.1) is 0 Å². The van der Waals surface area contributed by atoms with Crippen LogP contribution in [0.1, 0.15) is 27.3 Å². The maximum Gasteiger partial charge on any atom is 0.261 e. The third-order valence-corrected chi connectivity index (χ3v) is 5.73.